The second-order valence-electron chi connectivity index (χ2n) is 3.76. The van der Waals surface area contributed by atoms with Crippen molar-refractivity contribution >= 4 is 17.5 Å². The van der Waals surface area contributed by atoms with Crippen molar-refractivity contribution in [1.82, 2.24) is 5.32 Å². The summed E-state index contributed by atoms with van der Waals surface area (Å²) in [5.41, 5.74) is 1.78. The van der Waals surface area contributed by atoms with Gasteiger partial charge in [-0.05, 0) is 34.9 Å². The standard InChI is InChI=1S/C13H12ClNO3/c14-12-6-5-11(18-12)13(17)15-7-9-1-3-10(8-16)4-2-9/h1-6,16H,7-8H2,(H,15,17). The van der Waals surface area contributed by atoms with Crippen molar-refractivity contribution in [3.63, 3.8) is 0 Å². The third-order valence-corrected chi connectivity index (χ3v) is 2.66. The molecule has 1 aromatic heterocycles. The highest BCUT2D eigenvalue weighted by molar-refractivity contribution is 6.29. The van der Waals surface area contributed by atoms with E-state index in [0.29, 0.717) is 6.54 Å². The normalized spacial score (nSPS) is 10.3. The molecule has 18 heavy (non-hydrogen) atoms. The van der Waals surface area contributed by atoms with Gasteiger partial charge in [0.05, 0.1) is 6.61 Å². The maximum absolute atomic E-state index is 11.7. The van der Waals surface area contributed by atoms with Gasteiger partial charge in [-0.2, -0.15) is 0 Å². The molecule has 2 rings (SSSR count). The van der Waals surface area contributed by atoms with Crippen LogP contribution in [0.1, 0.15) is 21.7 Å². The molecule has 2 aromatic rings. The summed E-state index contributed by atoms with van der Waals surface area (Å²) in [6, 6.07) is 10.4. The van der Waals surface area contributed by atoms with E-state index >= 15 is 0 Å². The van der Waals surface area contributed by atoms with E-state index in [2.05, 4.69) is 5.32 Å². The lowest BCUT2D eigenvalue weighted by Gasteiger charge is -2.04. The molecule has 0 radical (unpaired) electrons. The van der Waals surface area contributed by atoms with Crippen LogP contribution in [0.5, 0.6) is 0 Å². The van der Waals surface area contributed by atoms with Gasteiger partial charge in [0.1, 0.15) is 0 Å². The van der Waals surface area contributed by atoms with Crippen molar-refractivity contribution in [2.24, 2.45) is 0 Å². The Morgan fingerprint density at radius 3 is 2.39 bits per heavy atom. The van der Waals surface area contributed by atoms with E-state index < -0.39 is 0 Å². The smallest absolute Gasteiger partial charge is 0.287 e. The lowest BCUT2D eigenvalue weighted by Crippen LogP contribution is -2.22. The molecule has 0 bridgehead atoms. The molecule has 0 aliphatic heterocycles. The Bertz CT molecular complexity index is 533. The lowest BCUT2D eigenvalue weighted by molar-refractivity contribution is 0.0923. The molecule has 0 unspecified atom stereocenters. The van der Waals surface area contributed by atoms with Gasteiger partial charge in [0, 0.05) is 6.54 Å². The zero-order valence-electron chi connectivity index (χ0n) is 9.52. The average Bonchev–Trinajstić information content (AvgIpc) is 2.83. The van der Waals surface area contributed by atoms with Crippen LogP contribution in [0.15, 0.2) is 40.8 Å². The molecule has 0 atom stereocenters. The van der Waals surface area contributed by atoms with Crippen LogP contribution in [-0.4, -0.2) is 11.0 Å². The van der Waals surface area contributed by atoms with Crippen LogP contribution in [0.25, 0.3) is 0 Å². The molecule has 1 aromatic carbocycles. The largest absolute Gasteiger partial charge is 0.440 e. The SMILES string of the molecule is O=C(NCc1ccc(CO)cc1)c1ccc(Cl)o1. The first-order valence-electron chi connectivity index (χ1n) is 5.41. The van der Waals surface area contributed by atoms with E-state index in [9.17, 15) is 4.79 Å². The van der Waals surface area contributed by atoms with Crippen LogP contribution in [0.3, 0.4) is 0 Å². The molecule has 2 N–H and O–H groups in total. The highest BCUT2D eigenvalue weighted by Crippen LogP contribution is 2.13. The molecule has 0 aliphatic rings. The maximum atomic E-state index is 11.7. The fourth-order valence-corrected chi connectivity index (χ4v) is 1.61. The van der Waals surface area contributed by atoms with E-state index in [-0.39, 0.29) is 23.5 Å². The molecule has 0 spiro atoms. The van der Waals surface area contributed by atoms with Gasteiger partial charge in [0.25, 0.3) is 5.91 Å². The number of amides is 1. The summed E-state index contributed by atoms with van der Waals surface area (Å²) in [7, 11) is 0. The van der Waals surface area contributed by atoms with Crippen molar-refractivity contribution in [2.75, 3.05) is 0 Å². The molecule has 0 aliphatic carbocycles. The first-order chi connectivity index (χ1) is 8.69. The predicted octanol–water partition coefficient (Wildman–Crippen LogP) is 2.36. The third kappa shape index (κ3) is 3.12. The number of aliphatic hydroxyl groups excluding tert-OH is 1. The molecule has 94 valence electrons. The topological polar surface area (TPSA) is 62.5 Å². The summed E-state index contributed by atoms with van der Waals surface area (Å²) >= 11 is 5.58. The number of rotatable bonds is 4. The van der Waals surface area contributed by atoms with Gasteiger partial charge in [-0.3, -0.25) is 4.79 Å². The summed E-state index contributed by atoms with van der Waals surface area (Å²) in [6.45, 7) is 0.403. The maximum Gasteiger partial charge on any atom is 0.287 e. The number of carbonyl (C=O) groups excluding carboxylic acids is 1. The summed E-state index contributed by atoms with van der Waals surface area (Å²) in [5.74, 6) is -0.125. The highest BCUT2D eigenvalue weighted by atomic mass is 35.5. The quantitative estimate of drug-likeness (QED) is 0.892. The highest BCUT2D eigenvalue weighted by Gasteiger charge is 2.09. The molecule has 4 nitrogen and oxygen atoms in total. The third-order valence-electron chi connectivity index (χ3n) is 2.46. The fraction of sp³-hybridized carbons (Fsp3) is 0.154. The molecule has 0 fully saturated rings. The van der Waals surface area contributed by atoms with Crippen molar-refractivity contribution in [3.8, 4) is 0 Å². The molecule has 5 heteroatoms. The van der Waals surface area contributed by atoms with Crippen LogP contribution < -0.4 is 5.32 Å². The van der Waals surface area contributed by atoms with Crippen LogP contribution in [0.2, 0.25) is 5.22 Å². The van der Waals surface area contributed by atoms with Gasteiger partial charge in [-0.1, -0.05) is 24.3 Å². The molecule has 0 saturated heterocycles. The number of carbonyl (C=O) groups is 1. The van der Waals surface area contributed by atoms with Crippen molar-refractivity contribution in [2.45, 2.75) is 13.2 Å². The zero-order valence-corrected chi connectivity index (χ0v) is 10.3. The monoisotopic (exact) mass is 265 g/mol. The van der Waals surface area contributed by atoms with Gasteiger partial charge >= 0.3 is 0 Å². The number of nitrogens with one attached hydrogen (secondary N) is 1. The van der Waals surface area contributed by atoms with E-state index in [0.717, 1.165) is 11.1 Å². The first-order valence-corrected chi connectivity index (χ1v) is 5.79. The summed E-state index contributed by atoms with van der Waals surface area (Å²) in [6.07, 6.45) is 0. The van der Waals surface area contributed by atoms with Crippen molar-refractivity contribution in [3.05, 3.63) is 58.5 Å². The Morgan fingerprint density at radius 2 is 1.83 bits per heavy atom. The minimum atomic E-state index is -0.312. The first kappa shape index (κ1) is 12.7. The Morgan fingerprint density at radius 1 is 1.17 bits per heavy atom. The van der Waals surface area contributed by atoms with Crippen LogP contribution in [0.4, 0.5) is 0 Å². The molecular weight excluding hydrogens is 254 g/mol. The Balaban J connectivity index is 1.92. The summed E-state index contributed by atoms with van der Waals surface area (Å²) in [5, 5.41) is 11.8. The minimum absolute atomic E-state index is 0.0114. The number of furan rings is 1. The fourth-order valence-electron chi connectivity index (χ4n) is 1.47. The number of halogens is 1. The van der Waals surface area contributed by atoms with Gasteiger partial charge in [0.2, 0.25) is 0 Å². The molecular formula is C13H12ClNO3. The van der Waals surface area contributed by atoms with Gasteiger partial charge < -0.3 is 14.8 Å². The number of benzene rings is 1. The number of hydrogen-bond acceptors (Lipinski definition) is 3. The van der Waals surface area contributed by atoms with E-state index in [1.807, 2.05) is 24.3 Å². The lowest BCUT2D eigenvalue weighted by atomic mass is 10.1. The summed E-state index contributed by atoms with van der Waals surface area (Å²) < 4.78 is 4.99. The van der Waals surface area contributed by atoms with E-state index in [4.69, 9.17) is 21.1 Å². The second kappa shape index (κ2) is 5.71. The Hall–Kier alpha value is -1.78. The number of aliphatic hydroxyl groups is 1. The van der Waals surface area contributed by atoms with Gasteiger partial charge in [0.15, 0.2) is 11.0 Å². The molecule has 1 heterocycles. The van der Waals surface area contributed by atoms with E-state index in [1.54, 1.807) is 0 Å². The minimum Gasteiger partial charge on any atom is -0.440 e. The van der Waals surface area contributed by atoms with E-state index in [1.165, 1.54) is 12.1 Å². The predicted molar refractivity (Wildman–Crippen MR) is 67.3 cm³/mol. The van der Waals surface area contributed by atoms with Gasteiger partial charge in [-0.25, -0.2) is 0 Å². The van der Waals surface area contributed by atoms with Crippen LogP contribution >= 0.6 is 11.6 Å². The molecule has 0 saturated carbocycles. The number of hydrogen-bond donors (Lipinski definition) is 2. The van der Waals surface area contributed by atoms with Crippen LogP contribution in [-0.2, 0) is 13.2 Å². The van der Waals surface area contributed by atoms with Crippen molar-refractivity contribution < 1.29 is 14.3 Å². The van der Waals surface area contributed by atoms with Gasteiger partial charge in [-0.15, -0.1) is 0 Å². The average molecular weight is 266 g/mol. The second-order valence-corrected chi connectivity index (χ2v) is 4.13. The van der Waals surface area contributed by atoms with Crippen molar-refractivity contribution in [1.29, 1.82) is 0 Å². The Kier molecular flexibility index (Phi) is 4.02. The zero-order chi connectivity index (χ0) is 13.0. The molecule has 1 amide bonds. The van der Waals surface area contributed by atoms with Crippen LogP contribution in [0, 0.1) is 0 Å². The Labute approximate surface area is 109 Å². The summed E-state index contributed by atoms with van der Waals surface area (Å²) in [4.78, 5) is 11.7.